The van der Waals surface area contributed by atoms with Gasteiger partial charge in [-0.2, -0.15) is 13.2 Å². The molecular formula is C13H14F4N2O3. The predicted molar refractivity (Wildman–Crippen MR) is 69.3 cm³/mol. The van der Waals surface area contributed by atoms with Crippen molar-refractivity contribution in [2.24, 2.45) is 0 Å². The van der Waals surface area contributed by atoms with Crippen LogP contribution in [-0.2, 0) is 14.3 Å². The minimum atomic E-state index is -5.27. The van der Waals surface area contributed by atoms with Crippen LogP contribution < -0.4 is 10.6 Å². The van der Waals surface area contributed by atoms with E-state index < -0.39 is 35.2 Å². The van der Waals surface area contributed by atoms with E-state index in [1.54, 1.807) is 5.32 Å². The molecule has 122 valence electrons. The average molecular weight is 322 g/mol. The van der Waals surface area contributed by atoms with Gasteiger partial charge in [0.25, 0.3) is 0 Å². The molecule has 0 heterocycles. The lowest BCUT2D eigenvalue weighted by atomic mass is 10.1. The molecule has 1 aromatic rings. The maximum atomic E-state index is 13.6. The van der Waals surface area contributed by atoms with Crippen molar-refractivity contribution in [3.8, 4) is 0 Å². The summed E-state index contributed by atoms with van der Waals surface area (Å²) in [5, 5.41) is 3.19. The molecule has 0 saturated heterocycles. The molecule has 1 atom stereocenters. The van der Waals surface area contributed by atoms with E-state index in [1.165, 1.54) is 24.4 Å². The van der Waals surface area contributed by atoms with Gasteiger partial charge in [-0.1, -0.05) is 12.1 Å². The molecular weight excluding hydrogens is 308 g/mol. The minimum Gasteiger partial charge on any atom is -0.463 e. The molecule has 1 rings (SSSR count). The highest BCUT2D eigenvalue weighted by atomic mass is 19.4. The van der Waals surface area contributed by atoms with Crippen LogP contribution in [0.3, 0.4) is 0 Å². The molecule has 5 nitrogen and oxygen atoms in total. The lowest BCUT2D eigenvalue weighted by molar-refractivity contribution is -0.207. The highest BCUT2D eigenvalue weighted by Gasteiger charge is 2.63. The molecule has 2 N–H and O–H groups in total. The zero-order chi connectivity index (χ0) is 17.0. The van der Waals surface area contributed by atoms with Gasteiger partial charge in [0.05, 0.1) is 12.3 Å². The number of hydrogen-bond donors (Lipinski definition) is 2. The van der Waals surface area contributed by atoms with Crippen LogP contribution >= 0.6 is 0 Å². The topological polar surface area (TPSA) is 67.4 Å². The summed E-state index contributed by atoms with van der Waals surface area (Å²) in [6, 6.07) is 4.43. The zero-order valence-electron chi connectivity index (χ0n) is 11.8. The Labute approximate surface area is 123 Å². The van der Waals surface area contributed by atoms with E-state index in [9.17, 15) is 27.2 Å². The fourth-order valence-corrected chi connectivity index (χ4v) is 1.66. The van der Waals surface area contributed by atoms with Crippen molar-refractivity contribution < 1.29 is 31.9 Å². The Morgan fingerprint density at radius 1 is 1.23 bits per heavy atom. The maximum Gasteiger partial charge on any atom is 0.441 e. The number of hydrogen-bond acceptors (Lipinski definition) is 4. The normalized spacial score (nSPS) is 13.9. The minimum absolute atomic E-state index is 0.352. The first-order chi connectivity index (χ1) is 10.1. The monoisotopic (exact) mass is 322 g/mol. The van der Waals surface area contributed by atoms with Crippen LogP contribution in [0.1, 0.15) is 13.8 Å². The van der Waals surface area contributed by atoms with Crippen LogP contribution in [0.2, 0.25) is 0 Å². The van der Waals surface area contributed by atoms with Crippen LogP contribution in [-0.4, -0.2) is 30.3 Å². The van der Waals surface area contributed by atoms with E-state index in [0.29, 0.717) is 0 Å². The summed E-state index contributed by atoms with van der Waals surface area (Å²) in [7, 11) is 0. The first-order valence-corrected chi connectivity index (χ1v) is 6.19. The van der Waals surface area contributed by atoms with Gasteiger partial charge in [-0.3, -0.25) is 4.79 Å². The van der Waals surface area contributed by atoms with Gasteiger partial charge in [-0.05, 0) is 19.1 Å². The number of carbonyl (C=O) groups excluding carboxylic acids is 2. The van der Waals surface area contributed by atoms with E-state index >= 15 is 0 Å². The third-order valence-corrected chi connectivity index (χ3v) is 2.57. The van der Waals surface area contributed by atoms with Gasteiger partial charge in [0.2, 0.25) is 5.91 Å². The van der Waals surface area contributed by atoms with Crippen LogP contribution in [0, 0.1) is 5.82 Å². The van der Waals surface area contributed by atoms with Crippen LogP contribution in [0.15, 0.2) is 24.3 Å². The van der Waals surface area contributed by atoms with Crippen molar-refractivity contribution in [2.45, 2.75) is 25.7 Å². The molecule has 22 heavy (non-hydrogen) atoms. The molecule has 0 aromatic heterocycles. The van der Waals surface area contributed by atoms with E-state index in [-0.39, 0.29) is 6.61 Å². The molecule has 1 aromatic carbocycles. The number of carbonyl (C=O) groups is 2. The van der Waals surface area contributed by atoms with Crippen molar-refractivity contribution in [3.63, 3.8) is 0 Å². The smallest absolute Gasteiger partial charge is 0.441 e. The summed E-state index contributed by atoms with van der Waals surface area (Å²) in [5.74, 6) is -3.96. The fraction of sp³-hybridized carbons (Fsp3) is 0.385. The largest absolute Gasteiger partial charge is 0.463 e. The van der Waals surface area contributed by atoms with Gasteiger partial charge in [0.1, 0.15) is 5.82 Å². The SMILES string of the molecule is CCOC(=O)[C@](NC(C)=O)(Nc1ccccc1F)C(F)(F)F. The number of amides is 1. The molecule has 0 fully saturated rings. The van der Waals surface area contributed by atoms with Crippen molar-refractivity contribution in [2.75, 3.05) is 11.9 Å². The second kappa shape index (κ2) is 6.63. The molecule has 1 amide bonds. The highest BCUT2D eigenvalue weighted by molar-refractivity contribution is 5.90. The van der Waals surface area contributed by atoms with Crippen LogP contribution in [0.5, 0.6) is 0 Å². The summed E-state index contributed by atoms with van der Waals surface area (Å²) in [5.41, 5.74) is -4.20. The van der Waals surface area contributed by atoms with Crippen LogP contribution in [0.4, 0.5) is 23.2 Å². The summed E-state index contributed by atoms with van der Waals surface area (Å²) in [6.07, 6.45) is -5.27. The summed E-state index contributed by atoms with van der Waals surface area (Å²) in [4.78, 5) is 23.0. The highest BCUT2D eigenvalue weighted by Crippen LogP contribution is 2.33. The molecule has 9 heteroatoms. The van der Waals surface area contributed by atoms with Gasteiger partial charge in [0, 0.05) is 6.92 Å². The maximum absolute atomic E-state index is 13.6. The van der Waals surface area contributed by atoms with Crippen molar-refractivity contribution >= 4 is 17.6 Å². The number of rotatable bonds is 5. The van der Waals surface area contributed by atoms with Crippen LogP contribution in [0.25, 0.3) is 0 Å². The Bertz CT molecular complexity index is 562. The van der Waals surface area contributed by atoms with Crippen molar-refractivity contribution in [3.05, 3.63) is 30.1 Å². The molecule has 0 spiro atoms. The van der Waals surface area contributed by atoms with E-state index in [1.807, 2.05) is 0 Å². The van der Waals surface area contributed by atoms with E-state index in [0.717, 1.165) is 19.1 Å². The predicted octanol–water partition coefficient (Wildman–Crippen LogP) is 2.20. The van der Waals surface area contributed by atoms with E-state index in [4.69, 9.17) is 0 Å². The number of alkyl halides is 3. The molecule has 0 aliphatic carbocycles. The Hall–Kier alpha value is -2.32. The molecule has 0 aliphatic heterocycles. The summed E-state index contributed by atoms with van der Waals surface area (Å²) >= 11 is 0. The van der Waals surface area contributed by atoms with Crippen molar-refractivity contribution in [1.82, 2.24) is 5.32 Å². The second-order valence-corrected chi connectivity index (χ2v) is 4.25. The van der Waals surface area contributed by atoms with Gasteiger partial charge in [-0.25, -0.2) is 9.18 Å². The lowest BCUT2D eigenvalue weighted by Gasteiger charge is -2.35. The molecule has 0 radical (unpaired) electrons. The Kier molecular flexibility index (Phi) is 5.34. The number of halogens is 4. The Balaban J connectivity index is 3.38. The van der Waals surface area contributed by atoms with Gasteiger partial charge in [0.15, 0.2) is 0 Å². The molecule has 0 unspecified atom stereocenters. The lowest BCUT2D eigenvalue weighted by Crippen LogP contribution is -2.69. The molecule has 0 saturated carbocycles. The summed E-state index contributed by atoms with van der Waals surface area (Å²) in [6.45, 7) is 1.74. The first kappa shape index (κ1) is 17.7. The average Bonchev–Trinajstić information content (AvgIpc) is 2.38. The standard InChI is InChI=1S/C13H14F4N2O3/c1-3-22-11(21)12(13(15,16)17,18-8(2)20)19-10-7-5-4-6-9(10)14/h4-7,19H,3H2,1-2H3,(H,18,20)/t12-/m0/s1. The quantitative estimate of drug-likeness (QED) is 0.495. The number of anilines is 1. The zero-order valence-corrected chi connectivity index (χ0v) is 11.8. The Morgan fingerprint density at radius 2 is 1.82 bits per heavy atom. The molecule has 0 aliphatic rings. The molecule has 0 bridgehead atoms. The Morgan fingerprint density at radius 3 is 2.27 bits per heavy atom. The second-order valence-electron chi connectivity index (χ2n) is 4.25. The number of para-hydroxylation sites is 1. The third-order valence-electron chi connectivity index (χ3n) is 2.57. The number of benzene rings is 1. The number of esters is 1. The van der Waals surface area contributed by atoms with Crippen molar-refractivity contribution in [1.29, 1.82) is 0 Å². The number of nitrogens with one attached hydrogen (secondary N) is 2. The third kappa shape index (κ3) is 3.66. The fourth-order valence-electron chi connectivity index (χ4n) is 1.66. The first-order valence-electron chi connectivity index (χ1n) is 6.19. The van der Waals surface area contributed by atoms with Gasteiger partial charge < -0.3 is 15.4 Å². The van der Waals surface area contributed by atoms with Gasteiger partial charge >= 0.3 is 17.8 Å². The summed E-state index contributed by atoms with van der Waals surface area (Å²) < 4.78 is 58.3. The number of ether oxygens (including phenoxy) is 1. The van der Waals surface area contributed by atoms with E-state index in [2.05, 4.69) is 4.74 Å². The van der Waals surface area contributed by atoms with Gasteiger partial charge in [-0.15, -0.1) is 0 Å².